The number of non-ortho nitro benzene ring substituents is 1. The number of nitro groups is 1. The molecule has 0 atom stereocenters. The summed E-state index contributed by atoms with van der Waals surface area (Å²) in [5.74, 6) is -0.0528. The monoisotopic (exact) mass is 382 g/mol. The van der Waals surface area contributed by atoms with Crippen LogP contribution in [0.15, 0.2) is 42.5 Å². The Balaban J connectivity index is 1.43. The molecule has 1 aliphatic heterocycles. The Bertz CT molecular complexity index is 896. The first-order chi connectivity index (χ1) is 13.4. The van der Waals surface area contributed by atoms with Crippen molar-refractivity contribution in [2.75, 3.05) is 28.6 Å². The Kier molecular flexibility index (Phi) is 5.88. The molecule has 2 aromatic rings. The molecule has 28 heavy (non-hydrogen) atoms. The number of anilines is 3. The average Bonchev–Trinajstić information content (AvgIpc) is 3.09. The van der Waals surface area contributed by atoms with E-state index in [-0.39, 0.29) is 17.5 Å². The summed E-state index contributed by atoms with van der Waals surface area (Å²) >= 11 is 0. The van der Waals surface area contributed by atoms with Crippen LogP contribution in [-0.2, 0) is 16.0 Å². The lowest BCUT2D eigenvalue weighted by Crippen LogP contribution is -2.25. The van der Waals surface area contributed by atoms with E-state index in [1.54, 1.807) is 24.0 Å². The van der Waals surface area contributed by atoms with Crippen molar-refractivity contribution in [2.45, 2.75) is 26.2 Å². The van der Waals surface area contributed by atoms with Gasteiger partial charge in [0.25, 0.3) is 5.69 Å². The molecule has 1 heterocycles. The molecule has 8 heteroatoms. The third-order valence-corrected chi connectivity index (χ3v) is 4.63. The summed E-state index contributed by atoms with van der Waals surface area (Å²) in [5, 5.41) is 16.7. The van der Waals surface area contributed by atoms with Crippen molar-refractivity contribution < 1.29 is 14.5 Å². The number of nitrogens with one attached hydrogen (secondary N) is 2. The van der Waals surface area contributed by atoms with Crippen molar-refractivity contribution >= 4 is 34.6 Å². The van der Waals surface area contributed by atoms with Gasteiger partial charge in [0.2, 0.25) is 11.8 Å². The highest BCUT2D eigenvalue weighted by Gasteiger charge is 2.22. The highest BCUT2D eigenvalue weighted by Crippen LogP contribution is 2.30. The SMILES string of the molecule is CC(=O)N1CCc2cc(NC(=O)CCCNc3ccc([N+](=O)[O-])cc3)ccc21. The highest BCUT2D eigenvalue weighted by atomic mass is 16.6. The summed E-state index contributed by atoms with van der Waals surface area (Å²) in [6.07, 6.45) is 1.78. The fourth-order valence-corrected chi connectivity index (χ4v) is 3.21. The molecular formula is C20H22N4O4. The molecule has 3 rings (SSSR count). The first-order valence-electron chi connectivity index (χ1n) is 9.13. The molecule has 0 saturated carbocycles. The van der Waals surface area contributed by atoms with Crippen LogP contribution in [0.2, 0.25) is 0 Å². The molecule has 0 saturated heterocycles. The van der Waals surface area contributed by atoms with Crippen molar-refractivity contribution in [2.24, 2.45) is 0 Å². The number of nitrogens with zero attached hydrogens (tertiary/aromatic N) is 2. The minimum Gasteiger partial charge on any atom is -0.385 e. The molecule has 0 spiro atoms. The molecular weight excluding hydrogens is 360 g/mol. The van der Waals surface area contributed by atoms with Gasteiger partial charge in [-0.05, 0) is 48.7 Å². The predicted molar refractivity (Wildman–Crippen MR) is 108 cm³/mol. The Morgan fingerprint density at radius 2 is 1.86 bits per heavy atom. The first-order valence-corrected chi connectivity index (χ1v) is 9.13. The molecule has 0 unspecified atom stereocenters. The Hall–Kier alpha value is -3.42. The van der Waals surface area contributed by atoms with Crippen LogP contribution in [0.25, 0.3) is 0 Å². The summed E-state index contributed by atoms with van der Waals surface area (Å²) in [4.78, 5) is 35.7. The van der Waals surface area contributed by atoms with Gasteiger partial charge < -0.3 is 15.5 Å². The number of rotatable bonds is 7. The Labute approximate surface area is 162 Å². The summed E-state index contributed by atoms with van der Waals surface area (Å²) in [7, 11) is 0. The molecule has 2 aromatic carbocycles. The zero-order valence-corrected chi connectivity index (χ0v) is 15.6. The van der Waals surface area contributed by atoms with Crippen molar-refractivity contribution in [1.82, 2.24) is 0 Å². The zero-order chi connectivity index (χ0) is 20.1. The second-order valence-corrected chi connectivity index (χ2v) is 6.65. The van der Waals surface area contributed by atoms with E-state index in [2.05, 4.69) is 10.6 Å². The molecule has 8 nitrogen and oxygen atoms in total. The van der Waals surface area contributed by atoms with Gasteiger partial charge in [0.15, 0.2) is 0 Å². The Morgan fingerprint density at radius 1 is 1.14 bits per heavy atom. The average molecular weight is 382 g/mol. The van der Waals surface area contributed by atoms with Gasteiger partial charge in [0.1, 0.15) is 0 Å². The van der Waals surface area contributed by atoms with Crippen LogP contribution in [0.1, 0.15) is 25.3 Å². The van der Waals surface area contributed by atoms with Crippen LogP contribution < -0.4 is 15.5 Å². The predicted octanol–water partition coefficient (Wildman–Crippen LogP) is 3.33. The van der Waals surface area contributed by atoms with Gasteiger partial charge >= 0.3 is 0 Å². The minimum atomic E-state index is -0.440. The topological polar surface area (TPSA) is 105 Å². The van der Waals surface area contributed by atoms with Crippen LogP contribution in [0.3, 0.4) is 0 Å². The van der Waals surface area contributed by atoms with E-state index in [1.807, 2.05) is 18.2 Å². The first kappa shape index (κ1) is 19.3. The molecule has 0 fully saturated rings. The third-order valence-electron chi connectivity index (χ3n) is 4.63. The Morgan fingerprint density at radius 3 is 2.54 bits per heavy atom. The van der Waals surface area contributed by atoms with Crippen LogP contribution in [0.4, 0.5) is 22.7 Å². The second-order valence-electron chi connectivity index (χ2n) is 6.65. The summed E-state index contributed by atoms with van der Waals surface area (Å²) in [5.41, 5.74) is 3.54. The highest BCUT2D eigenvalue weighted by molar-refractivity contribution is 5.95. The van der Waals surface area contributed by atoms with Crippen LogP contribution >= 0.6 is 0 Å². The summed E-state index contributed by atoms with van der Waals surface area (Å²) in [6.45, 7) is 2.81. The van der Waals surface area contributed by atoms with Crippen molar-refractivity contribution in [3.05, 3.63) is 58.1 Å². The summed E-state index contributed by atoms with van der Waals surface area (Å²) in [6, 6.07) is 11.8. The fourth-order valence-electron chi connectivity index (χ4n) is 3.21. The third kappa shape index (κ3) is 4.64. The molecule has 2 amide bonds. The number of hydrogen-bond donors (Lipinski definition) is 2. The number of carbonyl (C=O) groups excluding carboxylic acids is 2. The van der Waals surface area contributed by atoms with Crippen molar-refractivity contribution in [3.63, 3.8) is 0 Å². The normalized spacial score (nSPS) is 12.4. The van der Waals surface area contributed by atoms with Crippen molar-refractivity contribution in [1.29, 1.82) is 0 Å². The lowest BCUT2D eigenvalue weighted by atomic mass is 10.1. The van der Waals surface area contributed by atoms with Crippen molar-refractivity contribution in [3.8, 4) is 0 Å². The van der Waals surface area contributed by atoms with E-state index in [1.165, 1.54) is 12.1 Å². The largest absolute Gasteiger partial charge is 0.385 e. The smallest absolute Gasteiger partial charge is 0.269 e. The quantitative estimate of drug-likeness (QED) is 0.434. The molecule has 0 aromatic heterocycles. The number of hydrogen-bond acceptors (Lipinski definition) is 5. The maximum Gasteiger partial charge on any atom is 0.269 e. The molecule has 1 aliphatic rings. The number of fused-ring (bicyclic) bond motifs is 1. The zero-order valence-electron chi connectivity index (χ0n) is 15.6. The van der Waals surface area contributed by atoms with E-state index in [4.69, 9.17) is 0 Å². The number of nitro benzene ring substituents is 1. The molecule has 0 aliphatic carbocycles. The van der Waals surface area contributed by atoms with Gasteiger partial charge in [0.05, 0.1) is 4.92 Å². The van der Waals surface area contributed by atoms with Gasteiger partial charge in [-0.3, -0.25) is 19.7 Å². The number of benzene rings is 2. The maximum absolute atomic E-state index is 12.1. The van der Waals surface area contributed by atoms with E-state index in [0.29, 0.717) is 25.9 Å². The standard InChI is InChI=1S/C20H22N4O4/c1-14(25)23-12-10-15-13-17(6-9-19(15)23)22-20(26)3-2-11-21-16-4-7-18(8-5-16)24(27)28/h4-9,13,21H,2-3,10-12H2,1H3,(H,22,26). The fraction of sp³-hybridized carbons (Fsp3) is 0.300. The van der Waals surface area contributed by atoms with E-state index in [9.17, 15) is 19.7 Å². The molecule has 0 radical (unpaired) electrons. The minimum absolute atomic E-state index is 0.0241. The van der Waals surface area contributed by atoms with Crippen LogP contribution in [-0.4, -0.2) is 29.8 Å². The van der Waals surface area contributed by atoms with Gasteiger partial charge in [-0.15, -0.1) is 0 Å². The summed E-state index contributed by atoms with van der Waals surface area (Å²) < 4.78 is 0. The molecule has 146 valence electrons. The van der Waals surface area contributed by atoms with E-state index >= 15 is 0 Å². The lowest BCUT2D eigenvalue weighted by molar-refractivity contribution is -0.384. The van der Waals surface area contributed by atoms with Gasteiger partial charge in [-0.25, -0.2) is 0 Å². The number of carbonyl (C=O) groups is 2. The van der Waals surface area contributed by atoms with E-state index < -0.39 is 4.92 Å². The van der Waals surface area contributed by atoms with Crippen LogP contribution in [0, 0.1) is 10.1 Å². The van der Waals surface area contributed by atoms with Gasteiger partial charge in [-0.1, -0.05) is 0 Å². The molecule has 2 N–H and O–H groups in total. The molecule has 0 bridgehead atoms. The lowest BCUT2D eigenvalue weighted by Gasteiger charge is -2.15. The van der Waals surface area contributed by atoms with Gasteiger partial charge in [0, 0.05) is 55.6 Å². The maximum atomic E-state index is 12.1. The van der Waals surface area contributed by atoms with Gasteiger partial charge in [-0.2, -0.15) is 0 Å². The second kappa shape index (κ2) is 8.51. The van der Waals surface area contributed by atoms with Crippen LogP contribution in [0.5, 0.6) is 0 Å². The number of amides is 2. The van der Waals surface area contributed by atoms with E-state index in [0.717, 1.165) is 29.0 Å².